The van der Waals surface area contributed by atoms with E-state index in [-0.39, 0.29) is 18.4 Å². The Morgan fingerprint density at radius 1 is 1.71 bits per heavy atom. The number of carbonyl (C=O) groups excluding carboxylic acids is 1. The van der Waals surface area contributed by atoms with Crippen molar-refractivity contribution in [1.82, 2.24) is 15.1 Å². The van der Waals surface area contributed by atoms with Gasteiger partial charge in [-0.15, -0.1) is 0 Å². The van der Waals surface area contributed by atoms with Crippen molar-refractivity contribution in [2.45, 2.75) is 19.8 Å². The number of anilines is 1. The lowest BCUT2D eigenvalue weighted by molar-refractivity contribution is 0.0943. The van der Waals surface area contributed by atoms with Crippen molar-refractivity contribution < 1.29 is 9.90 Å². The van der Waals surface area contributed by atoms with Crippen LogP contribution in [0.3, 0.4) is 0 Å². The molecule has 0 aromatic carbocycles. The van der Waals surface area contributed by atoms with Crippen molar-refractivity contribution in [3.8, 4) is 0 Å². The third-order valence-corrected chi connectivity index (χ3v) is 2.65. The second-order valence-corrected chi connectivity index (χ2v) is 4.26. The fraction of sp³-hybridized carbons (Fsp3) is 0.636. The molecule has 6 nitrogen and oxygen atoms in total. The van der Waals surface area contributed by atoms with Gasteiger partial charge in [0.2, 0.25) is 0 Å². The number of aromatic nitrogens is 2. The molecule has 0 fully saturated rings. The Hall–Kier alpha value is -1.56. The average Bonchev–Trinajstić information content (AvgIpc) is 2.64. The Morgan fingerprint density at radius 2 is 2.41 bits per heavy atom. The minimum absolute atomic E-state index is 0.183. The van der Waals surface area contributed by atoms with Crippen LogP contribution < -0.4 is 11.1 Å². The number of rotatable bonds is 6. The summed E-state index contributed by atoms with van der Waals surface area (Å²) in [5, 5.41) is 15.5. The molecular weight excluding hydrogens is 220 g/mol. The molecule has 0 aliphatic rings. The lowest BCUT2D eigenvalue weighted by Crippen LogP contribution is -2.27. The third kappa shape index (κ3) is 3.74. The molecule has 1 unspecified atom stereocenters. The van der Waals surface area contributed by atoms with Crippen LogP contribution in [0.5, 0.6) is 0 Å². The van der Waals surface area contributed by atoms with Gasteiger partial charge < -0.3 is 16.2 Å². The second kappa shape index (κ2) is 6.24. The van der Waals surface area contributed by atoms with E-state index in [0.29, 0.717) is 17.9 Å². The summed E-state index contributed by atoms with van der Waals surface area (Å²) >= 11 is 0. The highest BCUT2D eigenvalue weighted by Gasteiger charge is 2.13. The largest absolute Gasteiger partial charge is 0.396 e. The molecule has 1 heterocycles. The third-order valence-electron chi connectivity index (χ3n) is 2.65. The van der Waals surface area contributed by atoms with Gasteiger partial charge in [0, 0.05) is 20.2 Å². The number of amides is 1. The fourth-order valence-corrected chi connectivity index (χ4v) is 1.56. The van der Waals surface area contributed by atoms with Crippen LogP contribution in [0.25, 0.3) is 0 Å². The highest BCUT2D eigenvalue weighted by Crippen LogP contribution is 2.09. The summed E-state index contributed by atoms with van der Waals surface area (Å²) in [5.74, 6) is 0.0628. The van der Waals surface area contributed by atoms with Crippen molar-refractivity contribution in [3.63, 3.8) is 0 Å². The van der Waals surface area contributed by atoms with Gasteiger partial charge in [-0.3, -0.25) is 9.48 Å². The summed E-state index contributed by atoms with van der Waals surface area (Å²) in [6, 6.07) is 0. The maximum absolute atomic E-state index is 11.8. The zero-order chi connectivity index (χ0) is 12.8. The molecule has 0 saturated carbocycles. The first-order valence-electron chi connectivity index (χ1n) is 5.72. The van der Waals surface area contributed by atoms with Gasteiger partial charge in [-0.25, -0.2) is 0 Å². The lowest BCUT2D eigenvalue weighted by Gasteiger charge is -2.09. The summed E-state index contributed by atoms with van der Waals surface area (Å²) in [6.07, 6.45) is 3.19. The molecule has 1 amide bonds. The highest BCUT2D eigenvalue weighted by atomic mass is 16.3. The van der Waals surface area contributed by atoms with Crippen LogP contribution in [-0.2, 0) is 7.05 Å². The number of nitrogens with one attached hydrogen (secondary N) is 1. The first-order chi connectivity index (χ1) is 8.06. The van der Waals surface area contributed by atoms with E-state index >= 15 is 0 Å². The number of hydrogen-bond acceptors (Lipinski definition) is 4. The summed E-state index contributed by atoms with van der Waals surface area (Å²) < 4.78 is 1.46. The Morgan fingerprint density at radius 3 is 2.94 bits per heavy atom. The predicted octanol–water partition coefficient (Wildman–Crippen LogP) is 0.141. The van der Waals surface area contributed by atoms with Crippen LogP contribution in [-0.4, -0.2) is 33.9 Å². The molecular formula is C11H20N4O2. The molecule has 1 aromatic heterocycles. The first-order valence-corrected chi connectivity index (χ1v) is 5.72. The molecule has 4 N–H and O–H groups in total. The van der Waals surface area contributed by atoms with Crippen LogP contribution in [0.2, 0.25) is 0 Å². The fourth-order valence-electron chi connectivity index (χ4n) is 1.56. The molecule has 0 saturated heterocycles. The Bertz CT molecular complexity index is 356. The van der Waals surface area contributed by atoms with E-state index < -0.39 is 0 Å². The van der Waals surface area contributed by atoms with Crippen LogP contribution >= 0.6 is 0 Å². The number of aryl methyl sites for hydroxylation is 1. The molecule has 6 heteroatoms. The van der Waals surface area contributed by atoms with Gasteiger partial charge in [0.15, 0.2) is 0 Å². The van der Waals surface area contributed by atoms with Crippen molar-refractivity contribution in [3.05, 3.63) is 11.9 Å². The molecule has 0 aliphatic heterocycles. The maximum Gasteiger partial charge on any atom is 0.271 e. The van der Waals surface area contributed by atoms with Gasteiger partial charge >= 0.3 is 0 Å². The van der Waals surface area contributed by atoms with Crippen LogP contribution in [0, 0.1) is 5.92 Å². The van der Waals surface area contributed by atoms with Gasteiger partial charge in [-0.2, -0.15) is 5.10 Å². The average molecular weight is 240 g/mol. The minimum atomic E-state index is -0.209. The molecule has 1 aromatic rings. The topological polar surface area (TPSA) is 93.2 Å². The summed E-state index contributed by atoms with van der Waals surface area (Å²) in [5.41, 5.74) is 6.41. The molecule has 0 bridgehead atoms. The Labute approximate surface area is 101 Å². The monoisotopic (exact) mass is 240 g/mol. The van der Waals surface area contributed by atoms with Crippen molar-refractivity contribution in [1.29, 1.82) is 0 Å². The molecule has 0 radical (unpaired) electrons. The number of aliphatic hydroxyl groups is 1. The number of hydrogen-bond donors (Lipinski definition) is 3. The van der Waals surface area contributed by atoms with Gasteiger partial charge in [0.25, 0.3) is 5.91 Å². The zero-order valence-electron chi connectivity index (χ0n) is 10.3. The summed E-state index contributed by atoms with van der Waals surface area (Å²) in [7, 11) is 1.68. The smallest absolute Gasteiger partial charge is 0.271 e. The molecule has 1 atom stereocenters. The first kappa shape index (κ1) is 13.5. The van der Waals surface area contributed by atoms with Crippen molar-refractivity contribution >= 4 is 11.6 Å². The van der Waals surface area contributed by atoms with Gasteiger partial charge in [-0.05, 0) is 18.8 Å². The van der Waals surface area contributed by atoms with E-state index in [1.807, 2.05) is 6.92 Å². The van der Waals surface area contributed by atoms with E-state index in [9.17, 15) is 4.79 Å². The number of aliphatic hydroxyl groups excluding tert-OH is 1. The summed E-state index contributed by atoms with van der Waals surface area (Å²) in [6.45, 7) is 2.73. The van der Waals surface area contributed by atoms with Crippen LogP contribution in [0.4, 0.5) is 5.69 Å². The number of nitrogens with zero attached hydrogens (tertiary/aromatic N) is 2. The molecule has 1 rings (SSSR count). The Kier molecular flexibility index (Phi) is 4.96. The lowest BCUT2D eigenvalue weighted by atomic mass is 10.1. The standard InChI is InChI=1S/C11H20N4O2/c1-8(7-16)4-3-5-13-11(17)10-9(12)6-14-15(10)2/h6,8,16H,3-5,7,12H2,1-2H3,(H,13,17). The van der Waals surface area contributed by atoms with Crippen LogP contribution in [0.15, 0.2) is 6.20 Å². The normalized spacial score (nSPS) is 12.4. The van der Waals surface area contributed by atoms with E-state index in [4.69, 9.17) is 10.8 Å². The molecule has 0 spiro atoms. The maximum atomic E-state index is 11.8. The van der Waals surface area contributed by atoms with Gasteiger partial charge in [-0.1, -0.05) is 6.92 Å². The van der Waals surface area contributed by atoms with E-state index in [0.717, 1.165) is 12.8 Å². The quantitative estimate of drug-likeness (QED) is 0.617. The van der Waals surface area contributed by atoms with E-state index in [1.165, 1.54) is 10.9 Å². The summed E-state index contributed by atoms with van der Waals surface area (Å²) in [4.78, 5) is 11.8. The molecule has 0 aliphatic carbocycles. The SMILES string of the molecule is CC(CO)CCCNC(=O)c1c(N)cnn1C. The van der Waals surface area contributed by atoms with Crippen LogP contribution in [0.1, 0.15) is 30.3 Å². The van der Waals surface area contributed by atoms with Gasteiger partial charge in [0.05, 0.1) is 11.9 Å². The van der Waals surface area contributed by atoms with Crippen molar-refractivity contribution in [2.75, 3.05) is 18.9 Å². The van der Waals surface area contributed by atoms with Crippen molar-refractivity contribution in [2.24, 2.45) is 13.0 Å². The minimum Gasteiger partial charge on any atom is -0.396 e. The molecule has 96 valence electrons. The highest BCUT2D eigenvalue weighted by molar-refractivity contribution is 5.97. The number of carbonyl (C=O) groups is 1. The van der Waals surface area contributed by atoms with E-state index in [1.54, 1.807) is 7.05 Å². The predicted molar refractivity (Wildman–Crippen MR) is 65.4 cm³/mol. The Balaban J connectivity index is 2.36. The number of nitrogens with two attached hydrogens (primary N) is 1. The van der Waals surface area contributed by atoms with E-state index in [2.05, 4.69) is 10.4 Å². The number of nitrogen functional groups attached to an aromatic ring is 1. The van der Waals surface area contributed by atoms with Gasteiger partial charge in [0.1, 0.15) is 5.69 Å². The zero-order valence-corrected chi connectivity index (χ0v) is 10.3. The molecule has 17 heavy (non-hydrogen) atoms. The second-order valence-electron chi connectivity index (χ2n) is 4.26.